The molecule has 1 heterocycles. The molecule has 7 rings (SSSR count). The van der Waals surface area contributed by atoms with Crippen LogP contribution in [0.3, 0.4) is 0 Å². The van der Waals surface area contributed by atoms with Gasteiger partial charge in [-0.2, -0.15) is 0 Å². The highest BCUT2D eigenvalue weighted by Gasteiger charge is 2.64. The van der Waals surface area contributed by atoms with E-state index in [-0.39, 0.29) is 46.8 Å². The van der Waals surface area contributed by atoms with Gasteiger partial charge in [0.25, 0.3) is 0 Å². The van der Waals surface area contributed by atoms with Crippen molar-refractivity contribution < 1.29 is 28.7 Å². The van der Waals surface area contributed by atoms with Crippen molar-refractivity contribution in [3.8, 4) is 5.75 Å². The Balaban J connectivity index is 0.969. The zero-order chi connectivity index (χ0) is 31.1. The topological polar surface area (TPSA) is 90.0 Å². The Hall–Kier alpha value is -5.04. The molecule has 1 saturated heterocycles. The average Bonchev–Trinajstić information content (AvgIpc) is 3.75. The minimum Gasteiger partial charge on any atom is -0.489 e. The van der Waals surface area contributed by atoms with Gasteiger partial charge in [0.2, 0.25) is 17.6 Å². The predicted octanol–water partition coefficient (Wildman–Crippen LogP) is 6.62. The van der Waals surface area contributed by atoms with E-state index in [1.54, 1.807) is 36.4 Å². The molecule has 6 unspecified atom stereocenters. The zero-order valence-corrected chi connectivity index (χ0v) is 24.9. The molecule has 6 atom stereocenters. The van der Waals surface area contributed by atoms with Gasteiger partial charge in [0.15, 0.2) is 6.10 Å². The quantitative estimate of drug-likeness (QED) is 0.122. The molecule has 2 bridgehead atoms. The predicted molar refractivity (Wildman–Crippen MR) is 168 cm³/mol. The molecule has 7 nitrogen and oxygen atoms in total. The van der Waals surface area contributed by atoms with Gasteiger partial charge in [-0.25, -0.2) is 4.79 Å². The fraction of sp³-hybridized carbons (Fsp3) is 0.263. The van der Waals surface area contributed by atoms with Gasteiger partial charge in [0.1, 0.15) is 12.4 Å². The molecule has 3 aliphatic rings. The highest BCUT2D eigenvalue weighted by atomic mass is 16.5. The van der Waals surface area contributed by atoms with Crippen molar-refractivity contribution in [3.63, 3.8) is 0 Å². The maximum Gasteiger partial charge on any atom is 0.338 e. The van der Waals surface area contributed by atoms with Crippen molar-refractivity contribution in [2.45, 2.75) is 38.4 Å². The first-order chi connectivity index (χ1) is 21.9. The number of ether oxygens (including phenoxy) is 2. The van der Waals surface area contributed by atoms with Crippen LogP contribution >= 0.6 is 0 Å². The molecule has 0 spiro atoms. The van der Waals surface area contributed by atoms with Crippen molar-refractivity contribution in [3.05, 3.63) is 131 Å². The number of ketones is 1. The Bertz CT molecular complexity index is 1730. The van der Waals surface area contributed by atoms with Crippen LogP contribution in [-0.4, -0.2) is 29.7 Å². The summed E-state index contributed by atoms with van der Waals surface area (Å²) in [6.45, 7) is 1.95. The van der Waals surface area contributed by atoms with E-state index < -0.39 is 12.1 Å². The number of esters is 1. The number of hydrogen-bond acceptors (Lipinski definition) is 6. The number of carbonyl (C=O) groups is 4. The van der Waals surface area contributed by atoms with Crippen LogP contribution in [0.4, 0.5) is 5.69 Å². The number of Topliss-reactive ketones (excluding diaryl/α,β-unsaturated/α-hetero) is 1. The van der Waals surface area contributed by atoms with Gasteiger partial charge in [-0.3, -0.25) is 19.3 Å². The number of anilines is 1. The van der Waals surface area contributed by atoms with Crippen LogP contribution in [0.5, 0.6) is 5.75 Å². The largest absolute Gasteiger partial charge is 0.489 e. The van der Waals surface area contributed by atoms with Crippen LogP contribution in [-0.2, 0) is 20.9 Å². The molecule has 0 N–H and O–H groups in total. The summed E-state index contributed by atoms with van der Waals surface area (Å²) >= 11 is 0. The van der Waals surface area contributed by atoms with E-state index in [0.29, 0.717) is 29.5 Å². The van der Waals surface area contributed by atoms with E-state index in [1.807, 2.05) is 48.5 Å². The van der Waals surface area contributed by atoms with Gasteiger partial charge in [-0.15, -0.1) is 0 Å². The summed E-state index contributed by atoms with van der Waals surface area (Å²) in [4.78, 5) is 54.3. The molecule has 3 fully saturated rings. The van der Waals surface area contributed by atoms with Crippen molar-refractivity contribution in [1.82, 2.24) is 0 Å². The van der Waals surface area contributed by atoms with Crippen LogP contribution in [0.1, 0.15) is 57.5 Å². The van der Waals surface area contributed by atoms with Gasteiger partial charge >= 0.3 is 5.97 Å². The standard InChI is InChI=1S/C38H33NO6/c1-23(35(40)26-14-18-30(19-15-26)44-22-24-8-4-2-5-9-24)45-38(43)27-12-16-29(17-13-27)39-36(41)33-28-20-31(25-10-6-3-7-11-25)32(21-28)34(33)37(39)42/h2-19,23,28,31-34H,20-22H2,1H3. The van der Waals surface area contributed by atoms with E-state index >= 15 is 0 Å². The van der Waals surface area contributed by atoms with E-state index in [9.17, 15) is 19.2 Å². The second-order valence-corrected chi connectivity index (χ2v) is 12.2. The lowest BCUT2D eigenvalue weighted by molar-refractivity contribution is -0.123. The Kier molecular flexibility index (Phi) is 7.53. The summed E-state index contributed by atoms with van der Waals surface area (Å²) in [5, 5.41) is 0. The molecule has 4 aromatic carbocycles. The smallest absolute Gasteiger partial charge is 0.338 e. The summed E-state index contributed by atoms with van der Waals surface area (Å²) in [5.74, 6) is -0.578. The first-order valence-corrected chi connectivity index (χ1v) is 15.4. The fourth-order valence-corrected chi connectivity index (χ4v) is 7.52. The van der Waals surface area contributed by atoms with Crippen molar-refractivity contribution >= 4 is 29.3 Å². The average molecular weight is 600 g/mol. The number of hydrogen-bond donors (Lipinski definition) is 0. The highest BCUT2D eigenvalue weighted by molar-refractivity contribution is 6.22. The molecule has 2 saturated carbocycles. The number of imide groups is 1. The van der Waals surface area contributed by atoms with Crippen LogP contribution < -0.4 is 9.64 Å². The third-order valence-electron chi connectivity index (χ3n) is 9.64. The first kappa shape index (κ1) is 28.7. The summed E-state index contributed by atoms with van der Waals surface area (Å²) in [7, 11) is 0. The monoisotopic (exact) mass is 599 g/mol. The zero-order valence-electron chi connectivity index (χ0n) is 24.9. The second kappa shape index (κ2) is 11.8. The lowest BCUT2D eigenvalue weighted by atomic mass is 9.73. The molecule has 226 valence electrons. The Morgan fingerprint density at radius 1 is 0.756 bits per heavy atom. The van der Waals surface area contributed by atoms with E-state index in [1.165, 1.54) is 29.5 Å². The molecular weight excluding hydrogens is 566 g/mol. The molecule has 1 aliphatic heterocycles. The summed E-state index contributed by atoms with van der Waals surface area (Å²) in [5.41, 5.74) is 3.36. The van der Waals surface area contributed by atoms with Gasteiger partial charge in [-0.05, 0) is 97.2 Å². The van der Waals surface area contributed by atoms with Crippen LogP contribution in [0, 0.1) is 23.7 Å². The minimum atomic E-state index is -1.01. The summed E-state index contributed by atoms with van der Waals surface area (Å²) < 4.78 is 11.3. The Labute approximate surface area is 261 Å². The maximum atomic E-state index is 13.6. The minimum absolute atomic E-state index is 0.143. The van der Waals surface area contributed by atoms with Crippen LogP contribution in [0.25, 0.3) is 0 Å². The number of benzene rings is 4. The van der Waals surface area contributed by atoms with Gasteiger partial charge < -0.3 is 9.47 Å². The molecule has 7 heteroatoms. The van der Waals surface area contributed by atoms with E-state index in [2.05, 4.69) is 12.1 Å². The Morgan fingerprint density at radius 3 is 2.07 bits per heavy atom. The molecule has 2 aliphatic carbocycles. The van der Waals surface area contributed by atoms with Gasteiger partial charge in [0, 0.05) is 5.56 Å². The number of amides is 2. The SMILES string of the molecule is CC(OC(=O)c1ccc(N2C(=O)C3C4CC(c5ccccc5)C(C4)C3C2=O)cc1)C(=O)c1ccc(OCc2ccccc2)cc1. The molecule has 2 amide bonds. The van der Waals surface area contributed by atoms with Crippen molar-refractivity contribution in [2.24, 2.45) is 23.7 Å². The van der Waals surface area contributed by atoms with Gasteiger partial charge in [-0.1, -0.05) is 60.7 Å². The maximum absolute atomic E-state index is 13.6. The van der Waals surface area contributed by atoms with E-state index in [4.69, 9.17) is 9.47 Å². The lowest BCUT2D eigenvalue weighted by Gasteiger charge is -2.28. The van der Waals surface area contributed by atoms with Crippen molar-refractivity contribution in [2.75, 3.05) is 4.90 Å². The van der Waals surface area contributed by atoms with Crippen molar-refractivity contribution in [1.29, 1.82) is 0 Å². The third-order valence-corrected chi connectivity index (χ3v) is 9.64. The number of carbonyl (C=O) groups excluding carboxylic acids is 4. The number of rotatable bonds is 9. The van der Waals surface area contributed by atoms with E-state index in [0.717, 1.165) is 18.4 Å². The molecular formula is C38H33NO6. The molecule has 0 aromatic heterocycles. The van der Waals surface area contributed by atoms with Gasteiger partial charge in [0.05, 0.1) is 23.1 Å². The summed E-state index contributed by atoms with van der Waals surface area (Å²) in [6, 6.07) is 33.0. The molecule has 45 heavy (non-hydrogen) atoms. The second-order valence-electron chi connectivity index (χ2n) is 12.2. The third kappa shape index (κ3) is 5.33. The lowest BCUT2D eigenvalue weighted by Crippen LogP contribution is -2.33. The Morgan fingerprint density at radius 2 is 1.38 bits per heavy atom. The number of nitrogens with zero attached hydrogens (tertiary/aromatic N) is 1. The molecule has 0 radical (unpaired) electrons. The summed E-state index contributed by atoms with van der Waals surface area (Å²) in [6.07, 6.45) is 0.826. The normalized spacial score (nSPS) is 23.9. The number of fused-ring (bicyclic) bond motifs is 5. The fourth-order valence-electron chi connectivity index (χ4n) is 7.52. The molecule has 4 aromatic rings. The highest BCUT2D eigenvalue weighted by Crippen LogP contribution is 2.61. The van der Waals surface area contributed by atoms with Crippen LogP contribution in [0.2, 0.25) is 0 Å². The first-order valence-electron chi connectivity index (χ1n) is 15.4. The van der Waals surface area contributed by atoms with Crippen LogP contribution in [0.15, 0.2) is 109 Å².